The number of ether oxygens (including phenoxy) is 1. The Balaban J connectivity index is 1.96. The molecular weight excluding hydrogens is 262 g/mol. The van der Waals surface area contributed by atoms with Crippen molar-refractivity contribution in [3.8, 4) is 0 Å². The van der Waals surface area contributed by atoms with E-state index in [0.717, 1.165) is 0 Å². The molecule has 0 saturated carbocycles. The van der Waals surface area contributed by atoms with Gasteiger partial charge in [-0.1, -0.05) is 12.1 Å². The minimum atomic E-state index is -0.686. The lowest BCUT2D eigenvalue weighted by Gasteiger charge is -2.07. The summed E-state index contributed by atoms with van der Waals surface area (Å²) in [5.74, 6) is 0. The van der Waals surface area contributed by atoms with Crippen LogP contribution in [0.4, 0.5) is 16.2 Å². The van der Waals surface area contributed by atoms with E-state index in [-0.39, 0.29) is 12.3 Å². The van der Waals surface area contributed by atoms with Crippen molar-refractivity contribution in [3.05, 3.63) is 64.5 Å². The second-order valence-corrected chi connectivity index (χ2v) is 3.82. The fraction of sp³-hybridized carbons (Fsp3) is 0.0769. The lowest BCUT2D eigenvalue weighted by molar-refractivity contribution is -0.385. The zero-order chi connectivity index (χ0) is 14.4. The van der Waals surface area contributed by atoms with Crippen LogP contribution in [0.5, 0.6) is 0 Å². The van der Waals surface area contributed by atoms with Crippen LogP contribution in [0.2, 0.25) is 0 Å². The van der Waals surface area contributed by atoms with Crippen molar-refractivity contribution in [2.45, 2.75) is 6.61 Å². The molecule has 1 aromatic heterocycles. The average Bonchev–Trinajstić information content (AvgIpc) is 2.46. The van der Waals surface area contributed by atoms with Crippen LogP contribution in [0.1, 0.15) is 5.56 Å². The molecule has 1 heterocycles. The van der Waals surface area contributed by atoms with Gasteiger partial charge in [-0.3, -0.25) is 20.4 Å². The monoisotopic (exact) mass is 273 g/mol. The Kier molecular flexibility index (Phi) is 4.23. The van der Waals surface area contributed by atoms with Crippen molar-refractivity contribution in [3.63, 3.8) is 0 Å². The largest absolute Gasteiger partial charge is 0.444 e. The number of carbonyl (C=O) groups is 1. The summed E-state index contributed by atoms with van der Waals surface area (Å²) in [6.45, 7) is -0.173. The number of pyridine rings is 1. The maximum absolute atomic E-state index is 11.5. The van der Waals surface area contributed by atoms with Gasteiger partial charge in [0.25, 0.3) is 5.69 Å². The van der Waals surface area contributed by atoms with E-state index < -0.39 is 11.0 Å². The summed E-state index contributed by atoms with van der Waals surface area (Å²) in [5, 5.41) is 13.3. The number of aromatic nitrogens is 1. The lowest BCUT2D eigenvalue weighted by atomic mass is 10.2. The third kappa shape index (κ3) is 3.52. The molecule has 0 saturated heterocycles. The van der Waals surface area contributed by atoms with E-state index in [1.54, 1.807) is 24.3 Å². The van der Waals surface area contributed by atoms with Crippen LogP contribution in [0.3, 0.4) is 0 Å². The number of benzene rings is 1. The molecule has 20 heavy (non-hydrogen) atoms. The molecule has 0 aliphatic carbocycles. The number of anilines is 1. The molecule has 2 aromatic rings. The highest BCUT2D eigenvalue weighted by molar-refractivity contribution is 5.84. The lowest BCUT2D eigenvalue weighted by Crippen LogP contribution is -2.13. The average molecular weight is 273 g/mol. The first-order valence-corrected chi connectivity index (χ1v) is 5.73. The van der Waals surface area contributed by atoms with Gasteiger partial charge in [-0.25, -0.2) is 4.79 Å². The molecule has 7 heteroatoms. The summed E-state index contributed by atoms with van der Waals surface area (Å²) in [5.41, 5.74) is 0.791. The molecule has 2 rings (SSSR count). The first-order valence-electron chi connectivity index (χ1n) is 5.73. The van der Waals surface area contributed by atoms with Crippen molar-refractivity contribution in [2.75, 3.05) is 5.32 Å². The number of para-hydroxylation sites is 1. The van der Waals surface area contributed by atoms with Gasteiger partial charge in [0.1, 0.15) is 6.61 Å². The van der Waals surface area contributed by atoms with Crippen molar-refractivity contribution >= 4 is 17.5 Å². The van der Waals surface area contributed by atoms with Gasteiger partial charge in [-0.2, -0.15) is 0 Å². The van der Waals surface area contributed by atoms with Gasteiger partial charge in [0.15, 0.2) is 0 Å². The molecule has 0 aliphatic heterocycles. The summed E-state index contributed by atoms with van der Waals surface area (Å²) in [4.78, 5) is 25.6. The summed E-state index contributed by atoms with van der Waals surface area (Å²) in [7, 11) is 0. The highest BCUT2D eigenvalue weighted by atomic mass is 16.6. The van der Waals surface area contributed by atoms with Crippen molar-refractivity contribution in [2.24, 2.45) is 0 Å². The molecule has 1 aromatic carbocycles. The molecule has 1 N–H and O–H groups in total. The van der Waals surface area contributed by atoms with Gasteiger partial charge < -0.3 is 4.74 Å². The standard InChI is InChI=1S/C13H11N3O4/c17-13(15-11-5-7-14-8-6-11)20-9-10-3-1-2-4-12(10)16(18)19/h1-8H,9H2,(H,14,15,17). The van der Waals surface area contributed by atoms with Crippen LogP contribution < -0.4 is 5.32 Å². The minimum Gasteiger partial charge on any atom is -0.444 e. The zero-order valence-corrected chi connectivity index (χ0v) is 10.4. The van der Waals surface area contributed by atoms with E-state index in [9.17, 15) is 14.9 Å². The van der Waals surface area contributed by atoms with Gasteiger partial charge in [-0.05, 0) is 18.2 Å². The van der Waals surface area contributed by atoms with E-state index in [4.69, 9.17) is 4.74 Å². The Labute approximate surface area is 114 Å². The number of carbonyl (C=O) groups excluding carboxylic acids is 1. The van der Waals surface area contributed by atoms with Crippen LogP contribution in [-0.4, -0.2) is 16.0 Å². The van der Waals surface area contributed by atoms with Gasteiger partial charge in [0.2, 0.25) is 0 Å². The summed E-state index contributed by atoms with van der Waals surface area (Å²) >= 11 is 0. The van der Waals surface area contributed by atoms with Crippen molar-refractivity contribution in [1.82, 2.24) is 4.98 Å². The quantitative estimate of drug-likeness (QED) is 0.682. The topological polar surface area (TPSA) is 94.4 Å². The molecule has 0 unspecified atom stereocenters. The number of amides is 1. The van der Waals surface area contributed by atoms with Crippen LogP contribution in [0.15, 0.2) is 48.8 Å². The van der Waals surface area contributed by atoms with E-state index in [0.29, 0.717) is 11.3 Å². The maximum atomic E-state index is 11.5. The predicted octanol–water partition coefficient (Wildman–Crippen LogP) is 2.74. The van der Waals surface area contributed by atoms with Crippen molar-refractivity contribution < 1.29 is 14.5 Å². The second-order valence-electron chi connectivity index (χ2n) is 3.82. The molecule has 0 fully saturated rings. The molecule has 7 nitrogen and oxygen atoms in total. The third-order valence-corrected chi connectivity index (χ3v) is 2.47. The fourth-order valence-corrected chi connectivity index (χ4v) is 1.54. The Hall–Kier alpha value is -2.96. The molecule has 0 atom stereocenters. The minimum absolute atomic E-state index is 0.0794. The van der Waals surface area contributed by atoms with E-state index in [2.05, 4.69) is 10.3 Å². The smallest absolute Gasteiger partial charge is 0.411 e. The Morgan fingerprint density at radius 2 is 1.95 bits per heavy atom. The molecule has 0 aliphatic rings. The van der Waals surface area contributed by atoms with Gasteiger partial charge in [0.05, 0.1) is 10.5 Å². The Morgan fingerprint density at radius 1 is 1.25 bits per heavy atom. The number of hydrogen-bond acceptors (Lipinski definition) is 5. The normalized spacial score (nSPS) is 9.80. The molecule has 0 spiro atoms. The summed E-state index contributed by atoms with van der Waals surface area (Å²) < 4.78 is 4.95. The molecule has 1 amide bonds. The summed E-state index contributed by atoms with van der Waals surface area (Å²) in [6, 6.07) is 9.31. The van der Waals surface area contributed by atoms with Crippen LogP contribution in [0, 0.1) is 10.1 Å². The molecule has 0 bridgehead atoms. The second kappa shape index (κ2) is 6.28. The first-order chi connectivity index (χ1) is 9.66. The van der Waals surface area contributed by atoms with Crippen LogP contribution >= 0.6 is 0 Å². The third-order valence-electron chi connectivity index (χ3n) is 2.47. The summed E-state index contributed by atoms with van der Waals surface area (Å²) in [6.07, 6.45) is 2.37. The highest BCUT2D eigenvalue weighted by Gasteiger charge is 2.14. The Bertz CT molecular complexity index is 616. The number of hydrogen-bond donors (Lipinski definition) is 1. The number of rotatable bonds is 4. The van der Waals surface area contributed by atoms with Crippen LogP contribution in [-0.2, 0) is 11.3 Å². The van der Waals surface area contributed by atoms with Gasteiger partial charge in [0, 0.05) is 24.1 Å². The van der Waals surface area contributed by atoms with Gasteiger partial charge in [-0.15, -0.1) is 0 Å². The maximum Gasteiger partial charge on any atom is 0.411 e. The Morgan fingerprint density at radius 3 is 2.65 bits per heavy atom. The van der Waals surface area contributed by atoms with Crippen LogP contribution in [0.25, 0.3) is 0 Å². The van der Waals surface area contributed by atoms with Crippen molar-refractivity contribution in [1.29, 1.82) is 0 Å². The van der Waals surface area contributed by atoms with E-state index >= 15 is 0 Å². The van der Waals surface area contributed by atoms with E-state index in [1.807, 2.05) is 0 Å². The molecule has 0 radical (unpaired) electrons. The molecular formula is C13H11N3O4. The zero-order valence-electron chi connectivity index (χ0n) is 10.4. The molecule has 102 valence electrons. The predicted molar refractivity (Wildman–Crippen MR) is 71.1 cm³/mol. The number of nitro benzene ring substituents is 1. The highest BCUT2D eigenvalue weighted by Crippen LogP contribution is 2.18. The number of nitrogens with one attached hydrogen (secondary N) is 1. The van der Waals surface area contributed by atoms with Gasteiger partial charge >= 0.3 is 6.09 Å². The number of nitrogens with zero attached hydrogens (tertiary/aromatic N) is 2. The SMILES string of the molecule is O=C(Nc1ccncc1)OCc1ccccc1[N+](=O)[O-]. The van der Waals surface area contributed by atoms with E-state index in [1.165, 1.54) is 24.5 Å². The first kappa shape index (κ1) is 13.5. The fourth-order valence-electron chi connectivity index (χ4n) is 1.54. The number of nitro groups is 1.